The maximum absolute atomic E-state index is 12.6. The molecule has 1 saturated carbocycles. The second-order valence-corrected chi connectivity index (χ2v) is 7.33. The van der Waals surface area contributed by atoms with Crippen molar-refractivity contribution < 1.29 is 9.59 Å². The van der Waals surface area contributed by atoms with Gasteiger partial charge in [-0.2, -0.15) is 0 Å². The molecule has 2 aromatic carbocycles. The average molecular weight is 380 g/mol. The first-order chi connectivity index (χ1) is 13.5. The van der Waals surface area contributed by atoms with E-state index >= 15 is 0 Å². The first-order valence-corrected chi connectivity index (χ1v) is 9.82. The van der Waals surface area contributed by atoms with Crippen molar-refractivity contribution in [3.8, 4) is 0 Å². The van der Waals surface area contributed by atoms with E-state index in [0.29, 0.717) is 17.3 Å². The van der Waals surface area contributed by atoms with Crippen LogP contribution in [0.2, 0.25) is 0 Å². The summed E-state index contributed by atoms with van der Waals surface area (Å²) < 4.78 is 0. The van der Waals surface area contributed by atoms with E-state index in [4.69, 9.17) is 0 Å². The van der Waals surface area contributed by atoms with E-state index in [1.807, 2.05) is 24.3 Å². The summed E-state index contributed by atoms with van der Waals surface area (Å²) in [4.78, 5) is 26.7. The lowest BCUT2D eigenvalue weighted by Crippen LogP contribution is -2.30. The van der Waals surface area contributed by atoms with Crippen LogP contribution in [0.4, 0.5) is 21.9 Å². The number of carbonyl (C=O) groups excluding carboxylic acids is 2. The normalized spacial score (nSPS) is 13.1. The van der Waals surface area contributed by atoms with Crippen LogP contribution in [0.3, 0.4) is 0 Å². The van der Waals surface area contributed by atoms with Crippen molar-refractivity contribution >= 4 is 29.0 Å². The molecule has 6 heteroatoms. The van der Waals surface area contributed by atoms with Gasteiger partial charge in [-0.25, -0.2) is 4.79 Å². The smallest absolute Gasteiger partial charge is 0.319 e. The van der Waals surface area contributed by atoms with E-state index in [-0.39, 0.29) is 18.0 Å². The standard InChI is InChI=1S/C22H28N4O2/c1-4-26(15(2)3)20-12-10-17(11-13-20)23-21(27)16-6-5-7-19(14-16)25-22(28)24-18-8-9-18/h5-7,10-15,18H,4,8-9H2,1-3H3,(H,23,27)(H2,24,25,28). The highest BCUT2D eigenvalue weighted by atomic mass is 16.2. The average Bonchev–Trinajstić information content (AvgIpc) is 3.47. The van der Waals surface area contributed by atoms with E-state index in [9.17, 15) is 9.59 Å². The van der Waals surface area contributed by atoms with Gasteiger partial charge in [0.2, 0.25) is 0 Å². The van der Waals surface area contributed by atoms with Crippen LogP contribution in [0.15, 0.2) is 48.5 Å². The third kappa shape index (κ3) is 5.25. The molecule has 0 aliphatic heterocycles. The van der Waals surface area contributed by atoms with Crippen LogP contribution < -0.4 is 20.9 Å². The molecule has 0 radical (unpaired) electrons. The Kier molecular flexibility index (Phi) is 6.19. The number of rotatable bonds is 7. The van der Waals surface area contributed by atoms with Gasteiger partial charge in [-0.15, -0.1) is 0 Å². The predicted octanol–water partition coefficient (Wildman–Crippen LogP) is 4.46. The van der Waals surface area contributed by atoms with Crippen molar-refractivity contribution in [3.63, 3.8) is 0 Å². The van der Waals surface area contributed by atoms with Crippen molar-refractivity contribution in [1.29, 1.82) is 0 Å². The molecule has 1 aliphatic carbocycles. The van der Waals surface area contributed by atoms with Crippen molar-refractivity contribution in [3.05, 3.63) is 54.1 Å². The summed E-state index contributed by atoms with van der Waals surface area (Å²) in [6, 6.07) is 15.2. The molecule has 1 aliphatic rings. The number of benzene rings is 2. The van der Waals surface area contributed by atoms with Gasteiger partial charge in [0, 0.05) is 41.3 Å². The summed E-state index contributed by atoms with van der Waals surface area (Å²) in [6.07, 6.45) is 2.06. The summed E-state index contributed by atoms with van der Waals surface area (Å²) in [5.74, 6) is -0.213. The van der Waals surface area contributed by atoms with Crippen LogP contribution in [-0.4, -0.2) is 30.6 Å². The maximum atomic E-state index is 12.6. The molecule has 0 aromatic heterocycles. The molecule has 0 unspecified atom stereocenters. The molecule has 148 valence electrons. The van der Waals surface area contributed by atoms with Gasteiger partial charge in [-0.3, -0.25) is 4.79 Å². The molecule has 3 amide bonds. The summed E-state index contributed by atoms with van der Waals surface area (Å²) in [7, 11) is 0. The van der Waals surface area contributed by atoms with E-state index in [1.54, 1.807) is 24.3 Å². The fraction of sp³-hybridized carbons (Fsp3) is 0.364. The molecule has 6 nitrogen and oxygen atoms in total. The molecule has 0 saturated heterocycles. The molecule has 3 N–H and O–H groups in total. The van der Waals surface area contributed by atoms with Gasteiger partial charge in [0.25, 0.3) is 5.91 Å². The van der Waals surface area contributed by atoms with Gasteiger partial charge in [0.15, 0.2) is 0 Å². The quantitative estimate of drug-likeness (QED) is 0.664. The fourth-order valence-corrected chi connectivity index (χ4v) is 3.10. The minimum Gasteiger partial charge on any atom is -0.369 e. The van der Waals surface area contributed by atoms with E-state index < -0.39 is 0 Å². The lowest BCUT2D eigenvalue weighted by molar-refractivity contribution is 0.102. The van der Waals surface area contributed by atoms with Gasteiger partial charge in [0.05, 0.1) is 0 Å². The number of hydrogen-bond donors (Lipinski definition) is 3. The SMILES string of the molecule is CCN(c1ccc(NC(=O)c2cccc(NC(=O)NC3CC3)c2)cc1)C(C)C. The van der Waals surface area contributed by atoms with E-state index in [2.05, 4.69) is 41.6 Å². The zero-order chi connectivity index (χ0) is 20.1. The summed E-state index contributed by atoms with van der Waals surface area (Å²) in [5.41, 5.74) is 2.95. The number of nitrogens with one attached hydrogen (secondary N) is 3. The molecule has 28 heavy (non-hydrogen) atoms. The Morgan fingerprint density at radius 2 is 1.75 bits per heavy atom. The van der Waals surface area contributed by atoms with Gasteiger partial charge in [-0.1, -0.05) is 6.07 Å². The van der Waals surface area contributed by atoms with Crippen LogP contribution >= 0.6 is 0 Å². The largest absolute Gasteiger partial charge is 0.369 e. The molecule has 0 atom stereocenters. The molecule has 0 bridgehead atoms. The first-order valence-electron chi connectivity index (χ1n) is 9.82. The Balaban J connectivity index is 1.62. The zero-order valence-corrected chi connectivity index (χ0v) is 16.7. The number of carbonyl (C=O) groups is 2. The molecule has 0 spiro atoms. The highest BCUT2D eigenvalue weighted by Crippen LogP contribution is 2.21. The minimum absolute atomic E-state index is 0.213. The highest BCUT2D eigenvalue weighted by Gasteiger charge is 2.23. The third-order valence-electron chi connectivity index (χ3n) is 4.72. The second kappa shape index (κ2) is 8.78. The summed E-state index contributed by atoms with van der Waals surface area (Å²) in [6.45, 7) is 7.37. The predicted molar refractivity (Wildman–Crippen MR) is 114 cm³/mol. The maximum Gasteiger partial charge on any atom is 0.319 e. The highest BCUT2D eigenvalue weighted by molar-refractivity contribution is 6.05. The molecular weight excluding hydrogens is 352 g/mol. The van der Waals surface area contributed by atoms with Gasteiger partial charge in [-0.05, 0) is 76.1 Å². The zero-order valence-electron chi connectivity index (χ0n) is 16.7. The molecular formula is C22H28N4O2. The number of anilines is 3. The number of nitrogens with zero attached hydrogens (tertiary/aromatic N) is 1. The Bertz CT molecular complexity index is 829. The van der Waals surface area contributed by atoms with Crippen LogP contribution in [0.25, 0.3) is 0 Å². The third-order valence-corrected chi connectivity index (χ3v) is 4.72. The fourth-order valence-electron chi connectivity index (χ4n) is 3.10. The van der Waals surface area contributed by atoms with Crippen LogP contribution in [0.5, 0.6) is 0 Å². The monoisotopic (exact) mass is 380 g/mol. The van der Waals surface area contributed by atoms with Gasteiger partial charge >= 0.3 is 6.03 Å². The van der Waals surface area contributed by atoms with Crippen molar-refractivity contribution in [2.24, 2.45) is 0 Å². The summed E-state index contributed by atoms with van der Waals surface area (Å²) >= 11 is 0. The van der Waals surface area contributed by atoms with Gasteiger partial charge < -0.3 is 20.9 Å². The molecule has 3 rings (SSSR count). The summed E-state index contributed by atoms with van der Waals surface area (Å²) in [5, 5.41) is 8.55. The van der Waals surface area contributed by atoms with Gasteiger partial charge in [0.1, 0.15) is 0 Å². The van der Waals surface area contributed by atoms with E-state index in [0.717, 1.165) is 30.8 Å². The molecule has 1 fully saturated rings. The second-order valence-electron chi connectivity index (χ2n) is 7.33. The molecule has 0 heterocycles. The lowest BCUT2D eigenvalue weighted by Gasteiger charge is -2.27. The Hall–Kier alpha value is -3.02. The van der Waals surface area contributed by atoms with Crippen molar-refractivity contribution in [2.45, 2.75) is 45.7 Å². The van der Waals surface area contributed by atoms with Crippen molar-refractivity contribution in [2.75, 3.05) is 22.1 Å². The molecule has 2 aromatic rings. The van der Waals surface area contributed by atoms with E-state index in [1.165, 1.54) is 0 Å². The first kappa shape index (κ1) is 19.7. The lowest BCUT2D eigenvalue weighted by atomic mass is 10.1. The Morgan fingerprint density at radius 1 is 1.04 bits per heavy atom. The Morgan fingerprint density at radius 3 is 2.36 bits per heavy atom. The minimum atomic E-state index is -0.235. The number of hydrogen-bond acceptors (Lipinski definition) is 3. The Labute approximate surface area is 166 Å². The van der Waals surface area contributed by atoms with Crippen LogP contribution in [-0.2, 0) is 0 Å². The topological polar surface area (TPSA) is 73.5 Å². The van der Waals surface area contributed by atoms with Crippen LogP contribution in [0.1, 0.15) is 44.0 Å². The number of urea groups is 1. The van der Waals surface area contributed by atoms with Crippen molar-refractivity contribution in [1.82, 2.24) is 5.32 Å². The number of amides is 3. The van der Waals surface area contributed by atoms with Crippen LogP contribution in [0, 0.1) is 0 Å².